The first kappa shape index (κ1) is 18.5. The molecule has 1 aromatic heterocycles. The van der Waals surface area contributed by atoms with Gasteiger partial charge in [0.1, 0.15) is 0 Å². The second kappa shape index (κ2) is 10.1. The molecule has 0 radical (unpaired) electrons. The highest BCUT2D eigenvalue weighted by Gasteiger charge is 2.20. The molecule has 2 heterocycles. The smallest absolute Gasteiger partial charge is 0.314 e. The fourth-order valence-corrected chi connectivity index (χ4v) is 3.12. The summed E-state index contributed by atoms with van der Waals surface area (Å²) in [5.41, 5.74) is 1.23. The minimum Gasteiger partial charge on any atom is -0.396 e. The van der Waals surface area contributed by atoms with Gasteiger partial charge in [-0.05, 0) is 43.2 Å². The summed E-state index contributed by atoms with van der Waals surface area (Å²) >= 11 is 0. The number of anilines is 1. The third kappa shape index (κ3) is 6.00. The normalized spacial score (nSPS) is 16.7. The van der Waals surface area contributed by atoms with E-state index in [0.29, 0.717) is 18.4 Å². The van der Waals surface area contributed by atoms with E-state index in [-0.39, 0.29) is 12.6 Å². The molecule has 1 saturated heterocycles. The molecule has 6 nitrogen and oxygen atoms in total. The number of carbonyl (C=O) groups excluding carboxylic acids is 1. The van der Waals surface area contributed by atoms with Crippen LogP contribution in [-0.2, 0) is 0 Å². The fraction of sp³-hybridized carbons (Fsp3) is 0.667. The number of nitrogens with one attached hydrogen (secondary N) is 2. The molecule has 1 aliphatic heterocycles. The van der Waals surface area contributed by atoms with Crippen LogP contribution in [0.1, 0.15) is 32.6 Å². The van der Waals surface area contributed by atoms with Crippen molar-refractivity contribution in [2.45, 2.75) is 32.6 Å². The van der Waals surface area contributed by atoms with Gasteiger partial charge in [-0.2, -0.15) is 0 Å². The Balaban J connectivity index is 1.63. The van der Waals surface area contributed by atoms with Crippen molar-refractivity contribution in [1.82, 2.24) is 15.6 Å². The van der Waals surface area contributed by atoms with Gasteiger partial charge >= 0.3 is 6.03 Å². The van der Waals surface area contributed by atoms with E-state index in [1.54, 1.807) is 0 Å². The van der Waals surface area contributed by atoms with E-state index in [2.05, 4.69) is 27.4 Å². The number of pyridine rings is 1. The van der Waals surface area contributed by atoms with Crippen molar-refractivity contribution in [3.8, 4) is 0 Å². The predicted octanol–water partition coefficient (Wildman–Crippen LogP) is 2.01. The predicted molar refractivity (Wildman–Crippen MR) is 96.1 cm³/mol. The lowest BCUT2D eigenvalue weighted by molar-refractivity contribution is 0.228. The molecule has 0 aromatic carbocycles. The first-order valence-corrected chi connectivity index (χ1v) is 9.00. The van der Waals surface area contributed by atoms with Crippen molar-refractivity contribution in [3.05, 3.63) is 24.5 Å². The fourth-order valence-electron chi connectivity index (χ4n) is 3.12. The first-order valence-electron chi connectivity index (χ1n) is 9.00. The van der Waals surface area contributed by atoms with Gasteiger partial charge in [0.15, 0.2) is 0 Å². The second-order valence-electron chi connectivity index (χ2n) is 6.51. The zero-order valence-electron chi connectivity index (χ0n) is 14.6. The van der Waals surface area contributed by atoms with Gasteiger partial charge in [0.2, 0.25) is 0 Å². The van der Waals surface area contributed by atoms with Gasteiger partial charge in [-0.15, -0.1) is 0 Å². The summed E-state index contributed by atoms with van der Waals surface area (Å²) in [5, 5.41) is 14.9. The molecule has 6 heteroatoms. The van der Waals surface area contributed by atoms with E-state index in [0.717, 1.165) is 45.3 Å². The lowest BCUT2D eigenvalue weighted by atomic mass is 9.96. The maximum atomic E-state index is 11.9. The Morgan fingerprint density at radius 2 is 2.04 bits per heavy atom. The minimum atomic E-state index is -0.0945. The summed E-state index contributed by atoms with van der Waals surface area (Å²) in [6.07, 6.45) is 7.54. The number of aliphatic hydroxyl groups is 1. The quantitative estimate of drug-likeness (QED) is 0.679. The maximum Gasteiger partial charge on any atom is 0.314 e. The Kier molecular flexibility index (Phi) is 7.82. The molecular weight excluding hydrogens is 304 g/mol. The number of nitrogens with zero attached hydrogens (tertiary/aromatic N) is 2. The average molecular weight is 334 g/mol. The van der Waals surface area contributed by atoms with Crippen LogP contribution in [0.25, 0.3) is 0 Å². The summed E-state index contributed by atoms with van der Waals surface area (Å²) in [4.78, 5) is 18.3. The van der Waals surface area contributed by atoms with Gasteiger partial charge in [-0.1, -0.05) is 13.3 Å². The van der Waals surface area contributed by atoms with Crippen LogP contribution in [0.2, 0.25) is 0 Å². The van der Waals surface area contributed by atoms with Gasteiger partial charge in [0, 0.05) is 50.9 Å². The van der Waals surface area contributed by atoms with Crippen molar-refractivity contribution in [3.63, 3.8) is 0 Å². The summed E-state index contributed by atoms with van der Waals surface area (Å²) in [7, 11) is 0. The molecule has 1 unspecified atom stereocenters. The van der Waals surface area contributed by atoms with E-state index >= 15 is 0 Å². The molecule has 0 bridgehead atoms. The van der Waals surface area contributed by atoms with Crippen LogP contribution < -0.4 is 15.5 Å². The summed E-state index contributed by atoms with van der Waals surface area (Å²) in [5.74, 6) is 0.887. The van der Waals surface area contributed by atoms with Gasteiger partial charge in [0.25, 0.3) is 0 Å². The summed E-state index contributed by atoms with van der Waals surface area (Å²) < 4.78 is 0. The van der Waals surface area contributed by atoms with Crippen LogP contribution >= 0.6 is 0 Å². The van der Waals surface area contributed by atoms with E-state index in [4.69, 9.17) is 5.11 Å². The molecule has 1 atom stereocenters. The highest BCUT2D eigenvalue weighted by molar-refractivity contribution is 5.73. The van der Waals surface area contributed by atoms with E-state index in [1.807, 2.05) is 24.5 Å². The highest BCUT2D eigenvalue weighted by atomic mass is 16.3. The molecule has 1 aliphatic rings. The van der Waals surface area contributed by atoms with Gasteiger partial charge < -0.3 is 20.6 Å². The molecule has 1 fully saturated rings. The molecule has 134 valence electrons. The van der Waals surface area contributed by atoms with Gasteiger partial charge in [-0.25, -0.2) is 4.79 Å². The zero-order chi connectivity index (χ0) is 17.2. The Hall–Kier alpha value is -1.82. The third-order valence-corrected chi connectivity index (χ3v) is 4.86. The van der Waals surface area contributed by atoms with E-state index in [9.17, 15) is 4.79 Å². The molecular formula is C18H30N4O2. The molecule has 3 N–H and O–H groups in total. The lowest BCUT2D eigenvalue weighted by Gasteiger charge is -2.33. The summed E-state index contributed by atoms with van der Waals surface area (Å²) in [6.45, 7) is 5.66. The number of urea groups is 1. The first-order chi connectivity index (χ1) is 11.7. The number of hydrogen-bond acceptors (Lipinski definition) is 4. The minimum absolute atomic E-state index is 0.0945. The van der Waals surface area contributed by atoms with Crippen LogP contribution in [-0.4, -0.2) is 48.9 Å². The largest absolute Gasteiger partial charge is 0.396 e. The van der Waals surface area contributed by atoms with Crippen LogP contribution in [0.5, 0.6) is 0 Å². The number of aromatic nitrogens is 1. The van der Waals surface area contributed by atoms with E-state index < -0.39 is 0 Å². The third-order valence-electron chi connectivity index (χ3n) is 4.86. The lowest BCUT2D eigenvalue weighted by Crippen LogP contribution is -2.43. The number of rotatable bonds is 8. The highest BCUT2D eigenvalue weighted by Crippen LogP contribution is 2.22. The van der Waals surface area contributed by atoms with Crippen LogP contribution in [0.4, 0.5) is 10.5 Å². The Morgan fingerprint density at radius 3 is 2.67 bits per heavy atom. The Morgan fingerprint density at radius 1 is 1.33 bits per heavy atom. The zero-order valence-corrected chi connectivity index (χ0v) is 14.6. The molecule has 0 saturated carbocycles. The van der Waals surface area contributed by atoms with E-state index in [1.165, 1.54) is 5.69 Å². The molecule has 0 aliphatic carbocycles. The van der Waals surface area contributed by atoms with Crippen LogP contribution in [0, 0.1) is 11.8 Å². The number of amides is 2. The number of hydrogen-bond donors (Lipinski definition) is 3. The Bertz CT molecular complexity index is 475. The number of piperidine rings is 1. The SMILES string of the molecule is CCC(CCO)CNC(=O)NCC1CCN(c2ccncc2)CC1. The van der Waals surface area contributed by atoms with Crippen molar-refractivity contribution in [2.24, 2.45) is 11.8 Å². The van der Waals surface area contributed by atoms with Crippen molar-refractivity contribution < 1.29 is 9.90 Å². The van der Waals surface area contributed by atoms with Crippen LogP contribution in [0.15, 0.2) is 24.5 Å². The Labute approximate surface area is 144 Å². The van der Waals surface area contributed by atoms with Crippen molar-refractivity contribution in [1.29, 1.82) is 0 Å². The molecule has 1 aromatic rings. The second-order valence-corrected chi connectivity index (χ2v) is 6.51. The van der Waals surface area contributed by atoms with Crippen LogP contribution in [0.3, 0.4) is 0 Å². The molecule has 0 spiro atoms. The van der Waals surface area contributed by atoms with Gasteiger partial charge in [-0.3, -0.25) is 4.98 Å². The molecule has 2 rings (SSSR count). The van der Waals surface area contributed by atoms with Crippen molar-refractivity contribution in [2.75, 3.05) is 37.7 Å². The van der Waals surface area contributed by atoms with Gasteiger partial charge in [0.05, 0.1) is 0 Å². The monoisotopic (exact) mass is 334 g/mol. The number of aliphatic hydroxyl groups excluding tert-OH is 1. The maximum absolute atomic E-state index is 11.9. The topological polar surface area (TPSA) is 77.5 Å². The summed E-state index contributed by atoms with van der Waals surface area (Å²) in [6, 6.07) is 3.99. The van der Waals surface area contributed by atoms with Crippen molar-refractivity contribution >= 4 is 11.7 Å². The number of carbonyl (C=O) groups is 1. The average Bonchev–Trinajstić information content (AvgIpc) is 2.64. The molecule has 24 heavy (non-hydrogen) atoms. The standard InChI is InChI=1S/C18H30N4O2/c1-2-15(7-12-23)13-20-18(24)21-14-16-5-10-22(11-6-16)17-3-8-19-9-4-17/h3-4,8-9,15-16,23H,2,5-7,10-14H2,1H3,(H2,20,21,24). The molecule has 2 amide bonds.